The van der Waals surface area contributed by atoms with Crippen molar-refractivity contribution in [2.45, 2.75) is 0 Å². The third kappa shape index (κ3) is 4.47. The zero-order chi connectivity index (χ0) is 15.8. The predicted octanol–water partition coefficient (Wildman–Crippen LogP) is 3.23. The monoisotopic (exact) mass is 356 g/mol. The lowest BCUT2D eigenvalue weighted by atomic mass is 10.2. The molecule has 2 aromatic rings. The molecule has 4 nitrogen and oxygen atoms in total. The van der Waals surface area contributed by atoms with E-state index >= 15 is 0 Å². The fourth-order valence-electron chi connectivity index (χ4n) is 1.66. The number of carbonyl (C=O) groups is 1. The largest absolute Gasteiger partial charge is 0.480 e. The van der Waals surface area contributed by atoms with Gasteiger partial charge in [-0.1, -0.05) is 34.0 Å². The zero-order valence-corrected chi connectivity index (χ0v) is 13.2. The second kappa shape index (κ2) is 8.01. The highest BCUT2D eigenvalue weighted by Gasteiger charge is 2.04. The van der Waals surface area contributed by atoms with Crippen molar-refractivity contribution in [3.05, 3.63) is 64.1 Å². The second-order valence-corrected chi connectivity index (χ2v) is 5.15. The van der Waals surface area contributed by atoms with E-state index in [4.69, 9.17) is 11.2 Å². The molecule has 1 N–H and O–H groups in total. The number of hydrogen-bond acceptors (Lipinski definition) is 3. The molecule has 2 aromatic carbocycles. The van der Waals surface area contributed by atoms with Gasteiger partial charge in [-0.25, -0.2) is 5.43 Å². The molecule has 0 aromatic heterocycles. The van der Waals surface area contributed by atoms with Crippen molar-refractivity contribution in [1.29, 1.82) is 0 Å². The van der Waals surface area contributed by atoms with Gasteiger partial charge >= 0.3 is 0 Å². The summed E-state index contributed by atoms with van der Waals surface area (Å²) >= 11 is 3.32. The van der Waals surface area contributed by atoms with Crippen LogP contribution in [0.1, 0.15) is 15.9 Å². The van der Waals surface area contributed by atoms with Gasteiger partial charge in [-0.3, -0.25) is 4.79 Å². The summed E-state index contributed by atoms with van der Waals surface area (Å²) in [5.74, 6) is 2.73. The van der Waals surface area contributed by atoms with Crippen LogP contribution >= 0.6 is 15.9 Å². The van der Waals surface area contributed by atoms with Gasteiger partial charge in [0.1, 0.15) is 12.4 Å². The Labute approximate surface area is 137 Å². The molecule has 0 bridgehead atoms. The van der Waals surface area contributed by atoms with Gasteiger partial charge in [0.15, 0.2) is 0 Å². The first-order chi connectivity index (χ1) is 10.7. The molecular formula is C17H13BrN2O2. The van der Waals surface area contributed by atoms with Crippen LogP contribution in [0.2, 0.25) is 0 Å². The molecule has 2 rings (SSSR count). The lowest BCUT2D eigenvalue weighted by Gasteiger charge is -2.05. The summed E-state index contributed by atoms with van der Waals surface area (Å²) in [7, 11) is 0. The maximum Gasteiger partial charge on any atom is 0.271 e. The number of hydrazone groups is 1. The topological polar surface area (TPSA) is 50.7 Å². The smallest absolute Gasteiger partial charge is 0.271 e. The predicted molar refractivity (Wildman–Crippen MR) is 90.0 cm³/mol. The number of halogens is 1. The molecule has 0 saturated heterocycles. The van der Waals surface area contributed by atoms with Gasteiger partial charge in [0.25, 0.3) is 5.91 Å². The second-order valence-electron chi connectivity index (χ2n) is 4.24. The molecular weight excluding hydrogens is 344 g/mol. The van der Waals surface area contributed by atoms with E-state index in [9.17, 15) is 4.79 Å². The van der Waals surface area contributed by atoms with Crippen LogP contribution in [0, 0.1) is 12.3 Å². The van der Waals surface area contributed by atoms with Gasteiger partial charge in [0.05, 0.1) is 6.21 Å². The van der Waals surface area contributed by atoms with Crippen LogP contribution in [0.25, 0.3) is 0 Å². The summed E-state index contributed by atoms with van der Waals surface area (Å²) in [6.07, 6.45) is 6.69. The van der Waals surface area contributed by atoms with E-state index < -0.39 is 0 Å². The minimum absolute atomic E-state index is 0.177. The number of para-hydroxylation sites is 1. The van der Waals surface area contributed by atoms with Crippen LogP contribution in [-0.2, 0) is 0 Å². The molecule has 0 aliphatic carbocycles. The van der Waals surface area contributed by atoms with E-state index in [-0.39, 0.29) is 12.5 Å². The molecule has 0 spiro atoms. The fourth-order valence-corrected chi connectivity index (χ4v) is 1.93. The van der Waals surface area contributed by atoms with E-state index in [0.717, 1.165) is 10.0 Å². The molecule has 0 heterocycles. The molecule has 22 heavy (non-hydrogen) atoms. The Bertz CT molecular complexity index is 718. The van der Waals surface area contributed by atoms with E-state index in [2.05, 4.69) is 32.4 Å². The van der Waals surface area contributed by atoms with Crippen LogP contribution in [-0.4, -0.2) is 18.7 Å². The maximum atomic E-state index is 11.9. The molecule has 0 fully saturated rings. The number of hydrogen-bond donors (Lipinski definition) is 1. The first kappa shape index (κ1) is 15.8. The lowest BCUT2D eigenvalue weighted by molar-refractivity contribution is 0.0955. The number of nitrogens with one attached hydrogen (secondary N) is 1. The highest BCUT2D eigenvalue weighted by Crippen LogP contribution is 2.15. The Morgan fingerprint density at radius 1 is 1.27 bits per heavy atom. The van der Waals surface area contributed by atoms with E-state index in [1.54, 1.807) is 30.3 Å². The van der Waals surface area contributed by atoms with E-state index in [1.165, 1.54) is 6.21 Å². The third-order valence-electron chi connectivity index (χ3n) is 2.71. The van der Waals surface area contributed by atoms with E-state index in [1.807, 2.05) is 18.2 Å². The van der Waals surface area contributed by atoms with Gasteiger partial charge in [0, 0.05) is 15.6 Å². The molecule has 0 saturated carbocycles. The summed E-state index contributed by atoms with van der Waals surface area (Å²) in [6, 6.07) is 14.3. The molecule has 0 aliphatic rings. The minimum atomic E-state index is -0.286. The van der Waals surface area contributed by atoms with Gasteiger partial charge in [0.2, 0.25) is 0 Å². The Hall–Kier alpha value is -2.58. The first-order valence-corrected chi connectivity index (χ1v) is 7.24. The number of nitrogens with zero attached hydrogens (tertiary/aromatic N) is 1. The standard InChI is InChI=1S/C17H13BrN2O2/c1-2-11-22-16-6-4-3-5-14(16)12-19-20-17(21)13-7-9-15(18)10-8-13/h1,3-10,12H,11H2,(H,20,21)/b19-12+. The van der Waals surface area contributed by atoms with Crippen molar-refractivity contribution in [3.8, 4) is 18.1 Å². The van der Waals surface area contributed by atoms with Crippen molar-refractivity contribution in [3.63, 3.8) is 0 Å². The van der Waals surface area contributed by atoms with Crippen molar-refractivity contribution < 1.29 is 9.53 Å². The number of terminal acetylenes is 1. The number of ether oxygens (including phenoxy) is 1. The van der Waals surface area contributed by atoms with Gasteiger partial charge in [-0.2, -0.15) is 5.10 Å². The van der Waals surface area contributed by atoms with E-state index in [0.29, 0.717) is 11.3 Å². The number of benzene rings is 2. The Morgan fingerprint density at radius 2 is 2.00 bits per heavy atom. The summed E-state index contributed by atoms with van der Waals surface area (Å²) in [6.45, 7) is 0.177. The molecule has 0 atom stereocenters. The normalized spacial score (nSPS) is 10.2. The van der Waals surface area contributed by atoms with Crippen LogP contribution in [0.15, 0.2) is 58.1 Å². The SMILES string of the molecule is C#CCOc1ccccc1/C=N/NC(=O)c1ccc(Br)cc1. The average Bonchev–Trinajstić information content (AvgIpc) is 2.54. The maximum absolute atomic E-state index is 11.9. The first-order valence-electron chi connectivity index (χ1n) is 6.45. The molecule has 0 radical (unpaired) electrons. The molecule has 5 heteroatoms. The van der Waals surface area contributed by atoms with Crippen LogP contribution in [0.4, 0.5) is 0 Å². The van der Waals surface area contributed by atoms with Crippen molar-refractivity contribution in [1.82, 2.24) is 5.43 Å². The summed E-state index contributed by atoms with van der Waals surface area (Å²) < 4.78 is 6.31. The van der Waals surface area contributed by atoms with Crippen LogP contribution < -0.4 is 10.2 Å². The molecule has 0 unspecified atom stereocenters. The summed E-state index contributed by atoms with van der Waals surface area (Å²) in [5.41, 5.74) is 3.73. The van der Waals surface area contributed by atoms with Crippen molar-refractivity contribution in [2.75, 3.05) is 6.61 Å². The molecule has 0 aliphatic heterocycles. The van der Waals surface area contributed by atoms with Gasteiger partial charge in [-0.15, -0.1) is 6.42 Å². The summed E-state index contributed by atoms with van der Waals surface area (Å²) in [4.78, 5) is 11.9. The van der Waals surface area contributed by atoms with Crippen LogP contribution in [0.3, 0.4) is 0 Å². The molecule has 1 amide bonds. The zero-order valence-electron chi connectivity index (χ0n) is 11.6. The third-order valence-corrected chi connectivity index (χ3v) is 3.23. The van der Waals surface area contributed by atoms with Crippen LogP contribution in [0.5, 0.6) is 5.75 Å². The van der Waals surface area contributed by atoms with Gasteiger partial charge in [-0.05, 0) is 36.4 Å². The number of carbonyl (C=O) groups excluding carboxylic acids is 1. The fraction of sp³-hybridized carbons (Fsp3) is 0.0588. The average molecular weight is 357 g/mol. The Kier molecular flexibility index (Phi) is 5.75. The van der Waals surface area contributed by atoms with Crippen molar-refractivity contribution in [2.24, 2.45) is 5.10 Å². The van der Waals surface area contributed by atoms with Gasteiger partial charge < -0.3 is 4.74 Å². The highest BCUT2D eigenvalue weighted by atomic mass is 79.9. The highest BCUT2D eigenvalue weighted by molar-refractivity contribution is 9.10. The number of amides is 1. The molecule has 110 valence electrons. The Morgan fingerprint density at radius 3 is 2.73 bits per heavy atom. The Balaban J connectivity index is 2.02. The van der Waals surface area contributed by atoms with Crippen molar-refractivity contribution >= 4 is 28.1 Å². The minimum Gasteiger partial charge on any atom is -0.480 e. The quantitative estimate of drug-likeness (QED) is 0.508. The lowest BCUT2D eigenvalue weighted by Crippen LogP contribution is -2.17. The summed E-state index contributed by atoms with van der Waals surface area (Å²) in [5, 5.41) is 3.94. The number of rotatable bonds is 5.